The summed E-state index contributed by atoms with van der Waals surface area (Å²) in [6, 6.07) is 26.2. The molecule has 1 aliphatic carbocycles. The lowest BCUT2D eigenvalue weighted by Crippen LogP contribution is -2.39. The van der Waals surface area contributed by atoms with Gasteiger partial charge in [-0.3, -0.25) is 9.59 Å². The normalized spacial score (nSPS) is 16.1. The van der Waals surface area contributed by atoms with Crippen LogP contribution in [0.25, 0.3) is 5.57 Å². The molecule has 0 bridgehead atoms. The van der Waals surface area contributed by atoms with Crippen molar-refractivity contribution in [3.63, 3.8) is 0 Å². The Hall–Kier alpha value is -3.46. The number of carbonyl (C=O) groups excluding carboxylic acids is 2. The van der Waals surface area contributed by atoms with E-state index in [4.69, 9.17) is 0 Å². The molecule has 0 aliphatic heterocycles. The second kappa shape index (κ2) is 7.42. The van der Waals surface area contributed by atoms with Gasteiger partial charge in [0, 0.05) is 12.0 Å². The van der Waals surface area contributed by atoms with E-state index in [1.807, 2.05) is 78.9 Å². The highest BCUT2D eigenvalue weighted by atomic mass is 16.2. The molecule has 3 nitrogen and oxygen atoms in total. The first-order chi connectivity index (χ1) is 13.2. The number of hydrogen-bond donors (Lipinski definition) is 1. The highest BCUT2D eigenvalue weighted by Gasteiger charge is 2.25. The molecule has 1 atom stereocenters. The van der Waals surface area contributed by atoms with Gasteiger partial charge in [0.1, 0.15) is 6.04 Å². The van der Waals surface area contributed by atoms with E-state index in [1.54, 1.807) is 12.1 Å². The summed E-state index contributed by atoms with van der Waals surface area (Å²) in [6.07, 6.45) is 2.17. The average Bonchev–Trinajstić information content (AvgIpc) is 2.86. The Morgan fingerprint density at radius 1 is 0.815 bits per heavy atom. The van der Waals surface area contributed by atoms with Crippen molar-refractivity contribution in [1.29, 1.82) is 0 Å². The molecule has 0 spiro atoms. The van der Waals surface area contributed by atoms with Crippen molar-refractivity contribution in [2.24, 2.45) is 0 Å². The monoisotopic (exact) mass is 353 g/mol. The number of ketones is 1. The van der Waals surface area contributed by atoms with Crippen molar-refractivity contribution < 1.29 is 9.59 Å². The Morgan fingerprint density at radius 2 is 1.44 bits per heavy atom. The van der Waals surface area contributed by atoms with Gasteiger partial charge in [-0.15, -0.1) is 0 Å². The Labute approximate surface area is 158 Å². The van der Waals surface area contributed by atoms with Gasteiger partial charge in [0.25, 0.3) is 5.91 Å². The molecule has 3 aromatic rings. The zero-order valence-corrected chi connectivity index (χ0v) is 14.8. The zero-order chi connectivity index (χ0) is 18.6. The van der Waals surface area contributed by atoms with Crippen LogP contribution >= 0.6 is 0 Å². The average molecular weight is 353 g/mol. The van der Waals surface area contributed by atoms with Crippen molar-refractivity contribution >= 4 is 17.3 Å². The molecular weight excluding hydrogens is 334 g/mol. The van der Waals surface area contributed by atoms with Gasteiger partial charge in [-0.05, 0) is 40.5 Å². The van der Waals surface area contributed by atoms with Crippen LogP contribution in [0.3, 0.4) is 0 Å². The minimum absolute atomic E-state index is 0.0161. The van der Waals surface area contributed by atoms with Crippen molar-refractivity contribution in [2.45, 2.75) is 12.5 Å². The fraction of sp³-hybridized carbons (Fsp3) is 0.0833. The van der Waals surface area contributed by atoms with E-state index in [0.717, 1.165) is 22.3 Å². The molecule has 0 heterocycles. The second-order valence-corrected chi connectivity index (χ2v) is 6.56. The van der Waals surface area contributed by atoms with Crippen LogP contribution in [0.2, 0.25) is 0 Å². The molecule has 1 amide bonds. The van der Waals surface area contributed by atoms with Crippen LogP contribution in [-0.4, -0.2) is 17.7 Å². The standard InChI is InChI=1S/C24H19NO2/c26-23-15-19-13-7-8-14-20(19)21(17-9-3-1-4-10-17)16-22(23)25-24(27)18-11-5-2-6-12-18/h1-14,16,22H,15H2,(H,25,27)/t22-/m0/s1. The van der Waals surface area contributed by atoms with E-state index in [-0.39, 0.29) is 11.7 Å². The highest BCUT2D eigenvalue weighted by molar-refractivity contribution is 6.01. The van der Waals surface area contributed by atoms with Crippen LogP contribution < -0.4 is 5.32 Å². The van der Waals surface area contributed by atoms with Crippen molar-refractivity contribution in [3.05, 3.63) is 113 Å². The van der Waals surface area contributed by atoms with Crippen LogP contribution in [0, 0.1) is 0 Å². The number of fused-ring (bicyclic) bond motifs is 1. The van der Waals surface area contributed by atoms with Crippen molar-refractivity contribution in [2.75, 3.05) is 0 Å². The third-order valence-corrected chi connectivity index (χ3v) is 4.76. The molecule has 1 aliphatic rings. The topological polar surface area (TPSA) is 46.2 Å². The van der Waals surface area contributed by atoms with Gasteiger partial charge in [0.15, 0.2) is 5.78 Å². The summed E-state index contributed by atoms with van der Waals surface area (Å²) < 4.78 is 0. The first kappa shape index (κ1) is 17.0. The van der Waals surface area contributed by atoms with Crippen LogP contribution in [0.5, 0.6) is 0 Å². The smallest absolute Gasteiger partial charge is 0.252 e. The van der Waals surface area contributed by atoms with Crippen molar-refractivity contribution in [1.82, 2.24) is 5.32 Å². The van der Waals surface area contributed by atoms with Gasteiger partial charge in [0.05, 0.1) is 0 Å². The van der Waals surface area contributed by atoms with E-state index in [0.29, 0.717) is 12.0 Å². The van der Waals surface area contributed by atoms with Gasteiger partial charge < -0.3 is 5.32 Å². The summed E-state index contributed by atoms with van der Waals surface area (Å²) in [4.78, 5) is 25.5. The van der Waals surface area contributed by atoms with Crippen LogP contribution in [0.4, 0.5) is 0 Å². The van der Waals surface area contributed by atoms with Gasteiger partial charge in [-0.2, -0.15) is 0 Å². The maximum absolute atomic E-state index is 12.9. The molecule has 3 heteroatoms. The molecule has 27 heavy (non-hydrogen) atoms. The van der Waals surface area contributed by atoms with E-state index in [9.17, 15) is 9.59 Å². The maximum Gasteiger partial charge on any atom is 0.252 e. The summed E-state index contributed by atoms with van der Waals surface area (Å²) >= 11 is 0. The van der Waals surface area contributed by atoms with Gasteiger partial charge in [0.2, 0.25) is 0 Å². The third kappa shape index (κ3) is 3.58. The maximum atomic E-state index is 12.9. The SMILES string of the molecule is O=C(N[C@H]1C=C(c2ccccc2)c2ccccc2CC1=O)c1ccccc1. The molecule has 0 radical (unpaired) electrons. The lowest BCUT2D eigenvalue weighted by atomic mass is 9.94. The Kier molecular flexibility index (Phi) is 4.67. The number of carbonyl (C=O) groups is 2. The van der Waals surface area contributed by atoms with E-state index in [2.05, 4.69) is 5.32 Å². The Balaban J connectivity index is 1.74. The van der Waals surface area contributed by atoms with E-state index >= 15 is 0 Å². The van der Waals surface area contributed by atoms with E-state index in [1.165, 1.54) is 0 Å². The lowest BCUT2D eigenvalue weighted by molar-refractivity contribution is -0.119. The summed E-state index contributed by atoms with van der Waals surface area (Å²) in [5.41, 5.74) is 4.55. The minimum atomic E-state index is -0.666. The first-order valence-electron chi connectivity index (χ1n) is 8.96. The number of amides is 1. The Bertz CT molecular complexity index is 1010. The minimum Gasteiger partial charge on any atom is -0.339 e. The number of hydrogen-bond acceptors (Lipinski definition) is 2. The molecule has 1 N–H and O–H groups in total. The third-order valence-electron chi connectivity index (χ3n) is 4.76. The molecule has 0 fully saturated rings. The molecule has 4 rings (SSSR count). The molecule has 0 saturated heterocycles. The summed E-state index contributed by atoms with van der Waals surface area (Å²) in [5.74, 6) is -0.263. The first-order valence-corrected chi connectivity index (χ1v) is 8.96. The van der Waals surface area contributed by atoms with Crippen molar-refractivity contribution in [3.8, 4) is 0 Å². The summed E-state index contributed by atoms with van der Waals surface area (Å²) in [6.45, 7) is 0. The predicted molar refractivity (Wildman–Crippen MR) is 106 cm³/mol. The Morgan fingerprint density at radius 3 is 2.19 bits per heavy atom. The number of benzene rings is 3. The molecule has 3 aromatic carbocycles. The number of nitrogens with one attached hydrogen (secondary N) is 1. The van der Waals surface area contributed by atoms with Gasteiger partial charge in [-0.1, -0.05) is 72.8 Å². The van der Waals surface area contributed by atoms with Gasteiger partial charge in [-0.25, -0.2) is 0 Å². The molecule has 0 unspecified atom stereocenters. The lowest BCUT2D eigenvalue weighted by Gasteiger charge is -2.14. The predicted octanol–water partition coefficient (Wildman–Crippen LogP) is 4.04. The zero-order valence-electron chi connectivity index (χ0n) is 14.8. The largest absolute Gasteiger partial charge is 0.339 e. The van der Waals surface area contributed by atoms with Gasteiger partial charge >= 0.3 is 0 Å². The number of rotatable bonds is 3. The van der Waals surface area contributed by atoms with E-state index < -0.39 is 6.04 Å². The fourth-order valence-electron chi connectivity index (χ4n) is 3.39. The number of Topliss-reactive ketones (excluding diaryl/α,β-unsaturated/α-hetero) is 1. The molecule has 132 valence electrons. The summed E-state index contributed by atoms with van der Waals surface area (Å²) in [7, 11) is 0. The molecular formula is C24H19NO2. The molecule has 0 aromatic heterocycles. The summed E-state index contributed by atoms with van der Waals surface area (Å²) in [5, 5.41) is 2.89. The fourth-order valence-corrected chi connectivity index (χ4v) is 3.39. The molecule has 0 saturated carbocycles. The van der Waals surface area contributed by atoms with Crippen LogP contribution in [-0.2, 0) is 11.2 Å². The van der Waals surface area contributed by atoms with Crippen LogP contribution in [0.15, 0.2) is 91.0 Å². The quantitative estimate of drug-likeness (QED) is 0.772. The highest BCUT2D eigenvalue weighted by Crippen LogP contribution is 2.30. The second-order valence-electron chi connectivity index (χ2n) is 6.56. The van der Waals surface area contributed by atoms with Crippen LogP contribution in [0.1, 0.15) is 27.0 Å².